The maximum absolute atomic E-state index is 12.8. The summed E-state index contributed by atoms with van der Waals surface area (Å²) in [5.74, 6) is -0.933. The molecule has 3 heterocycles. The van der Waals surface area contributed by atoms with E-state index in [0.29, 0.717) is 0 Å². The minimum absolute atomic E-state index is 0.0654. The molecule has 0 bridgehead atoms. The Bertz CT molecular complexity index is 1230. The second-order valence-electron chi connectivity index (χ2n) is 7.11. The van der Waals surface area contributed by atoms with Gasteiger partial charge in [-0.05, 0) is 7.05 Å². The third-order valence-electron chi connectivity index (χ3n) is 4.61. The lowest BCUT2D eigenvalue weighted by atomic mass is 10.1. The van der Waals surface area contributed by atoms with Crippen LogP contribution in [0.5, 0.6) is 0 Å². The van der Waals surface area contributed by atoms with Gasteiger partial charge in [0.15, 0.2) is 0 Å². The Hall–Kier alpha value is -3.26. The zero-order chi connectivity index (χ0) is 24.3. The number of hydrogen-bond acceptors (Lipinski definition) is 9. The maximum atomic E-state index is 12.8. The number of alkyl halides is 3. The van der Waals surface area contributed by atoms with Crippen molar-refractivity contribution in [3.63, 3.8) is 0 Å². The summed E-state index contributed by atoms with van der Waals surface area (Å²) in [5.41, 5.74) is -0.399. The number of hydrogen-bond donors (Lipinski definition) is 1. The predicted molar refractivity (Wildman–Crippen MR) is 111 cm³/mol. The molecule has 0 aliphatic heterocycles. The predicted octanol–water partition coefficient (Wildman–Crippen LogP) is 1.88. The van der Waals surface area contributed by atoms with Crippen molar-refractivity contribution < 1.29 is 32.2 Å². The highest BCUT2D eigenvalue weighted by Crippen LogP contribution is 2.29. The van der Waals surface area contributed by atoms with E-state index in [1.165, 1.54) is 26.6 Å². The van der Waals surface area contributed by atoms with Gasteiger partial charge >= 0.3 is 18.1 Å². The number of esters is 2. The largest absolute Gasteiger partial charge is 0.469 e. The Morgan fingerprint density at radius 2 is 1.97 bits per heavy atom. The zero-order valence-electron chi connectivity index (χ0n) is 17.9. The lowest BCUT2D eigenvalue weighted by molar-refractivity contribution is -0.141. The summed E-state index contributed by atoms with van der Waals surface area (Å²) in [7, 11) is 3.99. The number of halogens is 3. The van der Waals surface area contributed by atoms with Gasteiger partial charge in [0.25, 0.3) is 5.56 Å². The van der Waals surface area contributed by atoms with Gasteiger partial charge in [-0.15, -0.1) is 11.3 Å². The van der Waals surface area contributed by atoms with Crippen molar-refractivity contribution in [1.29, 1.82) is 0 Å². The van der Waals surface area contributed by atoms with Crippen molar-refractivity contribution in [3.8, 4) is 0 Å². The van der Waals surface area contributed by atoms with E-state index in [9.17, 15) is 27.6 Å². The first-order chi connectivity index (χ1) is 15.5. The fourth-order valence-corrected chi connectivity index (χ4v) is 4.34. The summed E-state index contributed by atoms with van der Waals surface area (Å²) in [6.45, 7) is -1.01. The lowest BCUT2D eigenvalue weighted by Crippen LogP contribution is -2.25. The van der Waals surface area contributed by atoms with Crippen molar-refractivity contribution in [1.82, 2.24) is 24.4 Å². The normalized spacial score (nSPS) is 11.8. The third kappa shape index (κ3) is 5.76. The van der Waals surface area contributed by atoms with Crippen molar-refractivity contribution in [2.24, 2.45) is 0 Å². The molecular weight excluding hydrogens is 467 g/mol. The molecule has 0 aliphatic rings. The van der Waals surface area contributed by atoms with E-state index < -0.39 is 30.2 Å². The van der Waals surface area contributed by atoms with Crippen LogP contribution in [0.25, 0.3) is 10.2 Å². The minimum Gasteiger partial charge on any atom is -0.469 e. The second kappa shape index (κ2) is 9.70. The van der Waals surface area contributed by atoms with Gasteiger partial charge in [-0.1, -0.05) is 0 Å². The highest BCUT2D eigenvalue weighted by atomic mass is 32.1. The fourth-order valence-electron chi connectivity index (χ4n) is 3.21. The molecule has 3 aromatic heterocycles. The highest BCUT2D eigenvalue weighted by molar-refractivity contribution is 7.20. The maximum Gasteiger partial charge on any atom is 0.406 e. The van der Waals surface area contributed by atoms with E-state index in [2.05, 4.69) is 19.7 Å². The third-order valence-corrected chi connectivity index (χ3v) is 5.72. The number of methoxy groups -OCH3 is 2. The fraction of sp³-hybridized carbons (Fsp3) is 0.421. The van der Waals surface area contributed by atoms with Gasteiger partial charge < -0.3 is 19.0 Å². The summed E-state index contributed by atoms with van der Waals surface area (Å²) in [6, 6.07) is 0. The molecule has 0 saturated heterocycles. The average molecular weight is 487 g/mol. The number of ether oxygens (including phenoxy) is 2. The van der Waals surface area contributed by atoms with E-state index in [1.54, 1.807) is 11.9 Å². The number of thiophene rings is 1. The number of fused-ring (bicyclic) bond motifs is 1. The molecule has 0 radical (unpaired) electrons. The molecule has 0 amide bonds. The number of carbonyl (C=O) groups excluding carboxylic acids is 2. The SMILES string of the molecule is COC(=O)Cc1c(C(=O)OC)sc2nc(CN(C)Cc3nccn3CC(F)(F)F)[nH]c(=O)c12. The number of rotatable bonds is 8. The molecule has 14 heteroatoms. The van der Waals surface area contributed by atoms with Crippen LogP contribution < -0.4 is 5.56 Å². The van der Waals surface area contributed by atoms with Crippen molar-refractivity contribution in [3.05, 3.63) is 44.8 Å². The molecule has 10 nitrogen and oxygen atoms in total. The quantitative estimate of drug-likeness (QED) is 0.479. The number of imidazole rings is 1. The molecule has 1 N–H and O–H groups in total. The highest BCUT2D eigenvalue weighted by Gasteiger charge is 2.29. The lowest BCUT2D eigenvalue weighted by Gasteiger charge is -2.17. The standard InChI is InChI=1S/C19H20F3N5O5S/c1-26(8-12-23-4-5-27(12)9-19(20,21)22)7-11-24-16(29)14-10(6-13(28)31-2)15(18(30)32-3)33-17(14)25-11/h4-5H,6-9H2,1-3H3,(H,24,25,29). The first-order valence-corrected chi connectivity index (χ1v) is 10.3. The number of nitrogens with one attached hydrogen (secondary N) is 1. The molecular formula is C19H20F3N5O5S. The van der Waals surface area contributed by atoms with E-state index in [4.69, 9.17) is 4.74 Å². The van der Waals surface area contributed by atoms with Crippen molar-refractivity contribution in [2.45, 2.75) is 32.2 Å². The van der Waals surface area contributed by atoms with Crippen LogP contribution in [0.2, 0.25) is 0 Å². The molecule has 0 saturated carbocycles. The smallest absolute Gasteiger partial charge is 0.406 e. The summed E-state index contributed by atoms with van der Waals surface area (Å²) in [6.07, 6.45) is -2.17. The van der Waals surface area contributed by atoms with Crippen LogP contribution in [0.15, 0.2) is 17.2 Å². The number of nitrogens with zero attached hydrogens (tertiary/aromatic N) is 4. The van der Waals surface area contributed by atoms with Gasteiger partial charge in [-0.25, -0.2) is 14.8 Å². The minimum atomic E-state index is -4.38. The molecule has 0 atom stereocenters. The number of aromatic amines is 1. The van der Waals surface area contributed by atoms with Gasteiger partial charge in [0.2, 0.25) is 0 Å². The van der Waals surface area contributed by atoms with Crippen LogP contribution in [-0.2, 0) is 40.3 Å². The monoisotopic (exact) mass is 487 g/mol. The van der Waals surface area contributed by atoms with Gasteiger partial charge in [0.05, 0.1) is 39.1 Å². The number of aromatic nitrogens is 4. The molecule has 0 aliphatic carbocycles. The Balaban J connectivity index is 1.88. The average Bonchev–Trinajstić information content (AvgIpc) is 3.30. The molecule has 3 aromatic rings. The molecule has 3 rings (SSSR count). The summed E-state index contributed by atoms with van der Waals surface area (Å²) < 4.78 is 48.5. The van der Waals surface area contributed by atoms with Crippen molar-refractivity contribution >= 4 is 33.5 Å². The Morgan fingerprint density at radius 1 is 1.24 bits per heavy atom. The van der Waals surface area contributed by atoms with Crippen LogP contribution in [0.4, 0.5) is 13.2 Å². The van der Waals surface area contributed by atoms with Gasteiger partial charge in [0, 0.05) is 18.0 Å². The molecule has 178 valence electrons. The summed E-state index contributed by atoms with van der Waals surface area (Å²) in [5, 5.41) is 0.0814. The first kappa shape index (κ1) is 24.4. The van der Waals surface area contributed by atoms with Crippen LogP contribution in [0, 0.1) is 0 Å². The topological polar surface area (TPSA) is 119 Å². The van der Waals surface area contributed by atoms with E-state index in [1.807, 2.05) is 0 Å². The zero-order valence-corrected chi connectivity index (χ0v) is 18.7. The summed E-state index contributed by atoms with van der Waals surface area (Å²) >= 11 is 0.905. The molecule has 33 heavy (non-hydrogen) atoms. The van der Waals surface area contributed by atoms with Crippen molar-refractivity contribution in [2.75, 3.05) is 21.3 Å². The van der Waals surface area contributed by atoms with Gasteiger partial charge in [-0.3, -0.25) is 14.5 Å². The van der Waals surface area contributed by atoms with Crippen LogP contribution in [0.3, 0.4) is 0 Å². The van der Waals surface area contributed by atoms with E-state index in [0.717, 1.165) is 15.9 Å². The van der Waals surface area contributed by atoms with E-state index >= 15 is 0 Å². The van der Waals surface area contributed by atoms with E-state index in [-0.39, 0.29) is 51.8 Å². The number of H-pyrrole nitrogens is 1. The van der Waals surface area contributed by atoms with Gasteiger partial charge in [-0.2, -0.15) is 13.2 Å². The second-order valence-corrected chi connectivity index (χ2v) is 8.10. The molecule has 0 fully saturated rings. The Morgan fingerprint density at radius 3 is 2.61 bits per heavy atom. The van der Waals surface area contributed by atoms with Gasteiger partial charge in [0.1, 0.15) is 27.9 Å². The van der Waals surface area contributed by atoms with Crippen LogP contribution in [-0.4, -0.2) is 63.8 Å². The molecule has 0 aromatic carbocycles. The number of carbonyl (C=O) groups is 2. The molecule has 0 spiro atoms. The molecule has 0 unspecified atom stereocenters. The van der Waals surface area contributed by atoms with Crippen LogP contribution >= 0.6 is 11.3 Å². The summed E-state index contributed by atoms with van der Waals surface area (Å²) in [4.78, 5) is 49.6. The Labute approximate surface area is 189 Å². The first-order valence-electron chi connectivity index (χ1n) is 9.47. The Kier molecular flexibility index (Phi) is 7.17. The van der Waals surface area contributed by atoms with Crippen LogP contribution in [0.1, 0.15) is 26.9 Å².